The van der Waals surface area contributed by atoms with Crippen LogP contribution in [-0.4, -0.2) is 37.7 Å². The van der Waals surface area contributed by atoms with E-state index in [1.54, 1.807) is 6.07 Å². The van der Waals surface area contributed by atoms with E-state index < -0.39 is 36.1 Å². The summed E-state index contributed by atoms with van der Waals surface area (Å²) in [6.07, 6.45) is -3.24. The average Bonchev–Trinajstić information content (AvgIpc) is 2.94. The fraction of sp³-hybridized carbons (Fsp3) is 0.241. The highest BCUT2D eigenvalue weighted by atomic mass is 127. The third-order valence-electron chi connectivity index (χ3n) is 5.76. The van der Waals surface area contributed by atoms with Crippen molar-refractivity contribution in [2.45, 2.75) is 32.5 Å². The molecule has 0 aliphatic heterocycles. The van der Waals surface area contributed by atoms with Crippen LogP contribution in [0.4, 0.5) is 18.9 Å². The molecular weight excluding hydrogens is 668 g/mol. The number of hydrogen-bond donors (Lipinski definition) is 3. The van der Waals surface area contributed by atoms with Gasteiger partial charge >= 0.3 is 18.0 Å². The van der Waals surface area contributed by atoms with E-state index in [9.17, 15) is 27.6 Å². The molecule has 0 heterocycles. The van der Waals surface area contributed by atoms with Crippen LogP contribution in [-0.2, 0) is 27.1 Å². The minimum absolute atomic E-state index is 0.0253. The summed E-state index contributed by atoms with van der Waals surface area (Å²) in [5, 5.41) is 8.71. The molecular formula is C29H28F3IN4O5. The van der Waals surface area contributed by atoms with Crippen molar-refractivity contribution in [3.8, 4) is 11.5 Å². The lowest BCUT2D eigenvalue weighted by Gasteiger charge is -2.14. The molecule has 3 amide bonds. The minimum atomic E-state index is -4.54. The third-order valence-corrected chi connectivity index (χ3v) is 6.56. The Bertz CT molecular complexity index is 1460. The number of amides is 3. The first-order valence-corrected chi connectivity index (χ1v) is 13.6. The Kier molecular flexibility index (Phi) is 11.3. The van der Waals surface area contributed by atoms with Crippen LogP contribution in [0.15, 0.2) is 65.8 Å². The van der Waals surface area contributed by atoms with Gasteiger partial charge < -0.3 is 20.1 Å². The topological polar surface area (TPSA) is 118 Å². The molecule has 3 rings (SSSR count). The number of alkyl halides is 3. The molecule has 0 aromatic heterocycles. The molecule has 3 aromatic rings. The molecule has 0 radical (unpaired) electrons. The van der Waals surface area contributed by atoms with E-state index in [0.717, 1.165) is 17.7 Å². The third kappa shape index (κ3) is 9.46. The van der Waals surface area contributed by atoms with Gasteiger partial charge in [0.25, 0.3) is 5.91 Å². The first-order valence-electron chi connectivity index (χ1n) is 12.5. The van der Waals surface area contributed by atoms with Gasteiger partial charge in [-0.25, -0.2) is 5.43 Å². The van der Waals surface area contributed by atoms with Gasteiger partial charge in [0.2, 0.25) is 0 Å². The Morgan fingerprint density at radius 1 is 1.02 bits per heavy atom. The van der Waals surface area contributed by atoms with Crippen LogP contribution >= 0.6 is 22.6 Å². The van der Waals surface area contributed by atoms with E-state index in [-0.39, 0.29) is 23.7 Å². The highest BCUT2D eigenvalue weighted by Crippen LogP contribution is 2.34. The number of ether oxygens (including phenoxy) is 2. The van der Waals surface area contributed by atoms with Crippen molar-refractivity contribution in [3.63, 3.8) is 0 Å². The molecule has 0 saturated carbocycles. The predicted molar refractivity (Wildman–Crippen MR) is 159 cm³/mol. The van der Waals surface area contributed by atoms with E-state index in [2.05, 4.69) is 35.0 Å². The number of nitrogens with zero attached hydrogens (tertiary/aromatic N) is 1. The normalized spacial score (nSPS) is 11.3. The van der Waals surface area contributed by atoms with Gasteiger partial charge in [-0.15, -0.1) is 0 Å². The fourth-order valence-corrected chi connectivity index (χ4v) is 4.34. The zero-order chi connectivity index (χ0) is 30.9. The van der Waals surface area contributed by atoms with E-state index >= 15 is 0 Å². The van der Waals surface area contributed by atoms with Crippen molar-refractivity contribution in [2.75, 3.05) is 19.0 Å². The highest BCUT2D eigenvalue weighted by Gasteiger charge is 2.30. The second kappa shape index (κ2) is 14.7. The smallest absolute Gasteiger partial charge is 0.416 e. The molecule has 0 bridgehead atoms. The summed E-state index contributed by atoms with van der Waals surface area (Å²) < 4.78 is 50.1. The number of carbonyl (C=O) groups excluding carboxylic acids is 3. The minimum Gasteiger partial charge on any atom is -0.493 e. The maximum absolute atomic E-state index is 12.9. The maximum Gasteiger partial charge on any atom is 0.416 e. The van der Waals surface area contributed by atoms with Crippen LogP contribution in [0, 0.1) is 3.57 Å². The molecule has 0 aliphatic rings. The van der Waals surface area contributed by atoms with Crippen LogP contribution < -0.4 is 25.5 Å². The quantitative estimate of drug-likeness (QED) is 0.116. The van der Waals surface area contributed by atoms with Crippen molar-refractivity contribution < 1.29 is 37.0 Å². The summed E-state index contributed by atoms with van der Waals surface area (Å²) in [4.78, 5) is 36.5. The Morgan fingerprint density at radius 3 is 2.38 bits per heavy atom. The molecule has 0 unspecified atom stereocenters. The largest absolute Gasteiger partial charge is 0.493 e. The average molecular weight is 696 g/mol. The van der Waals surface area contributed by atoms with Gasteiger partial charge in [0.05, 0.1) is 22.5 Å². The molecule has 0 fully saturated rings. The van der Waals surface area contributed by atoms with Crippen LogP contribution in [0.1, 0.15) is 42.0 Å². The lowest BCUT2D eigenvalue weighted by Crippen LogP contribution is -2.37. The molecule has 3 aromatic carbocycles. The Balaban J connectivity index is 1.54. The number of benzene rings is 3. The van der Waals surface area contributed by atoms with Gasteiger partial charge in [0.15, 0.2) is 18.1 Å². The summed E-state index contributed by atoms with van der Waals surface area (Å²) in [7, 11) is 1.38. The molecule has 0 spiro atoms. The zero-order valence-electron chi connectivity index (χ0n) is 22.8. The number of halogens is 4. The Labute approximate surface area is 254 Å². The van der Waals surface area contributed by atoms with Crippen LogP contribution in [0.5, 0.6) is 11.5 Å². The number of nitrogens with one attached hydrogen (secondary N) is 3. The molecule has 222 valence electrons. The second-order valence-corrected chi connectivity index (χ2v) is 10.4. The van der Waals surface area contributed by atoms with E-state index in [4.69, 9.17) is 9.47 Å². The highest BCUT2D eigenvalue weighted by molar-refractivity contribution is 14.1. The molecule has 42 heavy (non-hydrogen) atoms. The summed E-state index contributed by atoms with van der Waals surface area (Å²) in [5.74, 6) is -1.62. The number of anilines is 1. The molecule has 0 aliphatic carbocycles. The SMILES string of the molecule is COc1cc(/C=N\NC(=O)C(=O)NCc2ccc(C(C)C)cc2)cc(I)c1OCC(=O)Nc1cccc(C(F)(F)F)c1. The Hall–Kier alpha value is -4.14. The molecule has 9 nitrogen and oxygen atoms in total. The first kappa shape index (κ1) is 32.4. The summed E-state index contributed by atoms with van der Waals surface area (Å²) in [5.41, 5.74) is 3.75. The van der Waals surface area contributed by atoms with Gasteiger partial charge in [-0.05, 0) is 75.5 Å². The summed E-state index contributed by atoms with van der Waals surface area (Å²) >= 11 is 1.94. The van der Waals surface area contributed by atoms with Crippen LogP contribution in [0.2, 0.25) is 0 Å². The van der Waals surface area contributed by atoms with Crippen molar-refractivity contribution in [1.29, 1.82) is 0 Å². The van der Waals surface area contributed by atoms with E-state index in [0.29, 0.717) is 15.1 Å². The number of hydrazone groups is 1. The van der Waals surface area contributed by atoms with E-state index in [1.807, 2.05) is 46.9 Å². The van der Waals surface area contributed by atoms with Crippen molar-refractivity contribution in [3.05, 3.63) is 86.5 Å². The number of carbonyl (C=O) groups is 3. The lowest BCUT2D eigenvalue weighted by molar-refractivity contribution is -0.139. The molecule has 0 saturated heterocycles. The van der Waals surface area contributed by atoms with Crippen molar-refractivity contribution in [2.24, 2.45) is 5.10 Å². The zero-order valence-corrected chi connectivity index (χ0v) is 25.0. The van der Waals surface area contributed by atoms with Crippen molar-refractivity contribution in [1.82, 2.24) is 10.7 Å². The lowest BCUT2D eigenvalue weighted by atomic mass is 10.0. The number of hydrogen-bond acceptors (Lipinski definition) is 6. The standard InChI is InChI=1S/C29H28F3IN4O5/c1-17(2)20-9-7-18(8-10-20)14-34-27(39)28(40)37-35-15-19-11-23(33)26(24(12-19)41-3)42-16-25(38)36-22-6-4-5-21(13-22)29(30,31)32/h4-13,15,17H,14,16H2,1-3H3,(H,34,39)(H,36,38)(H,37,40)/b35-15-. The summed E-state index contributed by atoms with van der Waals surface area (Å²) in [6, 6.07) is 15.1. The monoisotopic (exact) mass is 696 g/mol. The fourth-order valence-electron chi connectivity index (χ4n) is 3.56. The molecule has 3 N–H and O–H groups in total. The second-order valence-electron chi connectivity index (χ2n) is 9.23. The predicted octanol–water partition coefficient (Wildman–Crippen LogP) is 5.23. The number of rotatable bonds is 10. The maximum atomic E-state index is 12.9. The van der Waals surface area contributed by atoms with E-state index in [1.165, 1.54) is 37.1 Å². The molecule has 0 atom stereocenters. The van der Waals surface area contributed by atoms with Crippen molar-refractivity contribution >= 4 is 52.2 Å². The van der Waals surface area contributed by atoms with Gasteiger partial charge in [-0.2, -0.15) is 18.3 Å². The summed E-state index contributed by atoms with van der Waals surface area (Å²) in [6.45, 7) is 3.85. The van der Waals surface area contributed by atoms with Gasteiger partial charge in [-0.3, -0.25) is 14.4 Å². The van der Waals surface area contributed by atoms with Crippen LogP contribution in [0.25, 0.3) is 0 Å². The van der Waals surface area contributed by atoms with Crippen LogP contribution in [0.3, 0.4) is 0 Å². The van der Waals surface area contributed by atoms with Gasteiger partial charge in [-0.1, -0.05) is 44.2 Å². The molecule has 13 heteroatoms. The first-order chi connectivity index (χ1) is 19.9. The number of methoxy groups -OCH3 is 1. The Morgan fingerprint density at radius 2 is 1.74 bits per heavy atom. The van der Waals surface area contributed by atoms with Gasteiger partial charge in [0.1, 0.15) is 0 Å². The van der Waals surface area contributed by atoms with Gasteiger partial charge in [0, 0.05) is 12.2 Å².